The van der Waals surface area contributed by atoms with Gasteiger partial charge in [0.15, 0.2) is 0 Å². The quantitative estimate of drug-likeness (QED) is 0.280. The van der Waals surface area contributed by atoms with E-state index in [9.17, 15) is 15.3 Å². The molecule has 220 valence electrons. The van der Waals surface area contributed by atoms with Crippen molar-refractivity contribution in [1.82, 2.24) is 0 Å². The lowest BCUT2D eigenvalue weighted by molar-refractivity contribution is -0.285. The Morgan fingerprint density at radius 1 is 0.921 bits per heavy atom. The van der Waals surface area contributed by atoms with Crippen LogP contribution >= 0.6 is 15.9 Å². The lowest BCUT2D eigenvalue weighted by atomic mass is 9.76. The van der Waals surface area contributed by atoms with Crippen molar-refractivity contribution in [3.8, 4) is 0 Å². The topological polar surface area (TPSA) is 97.6 Å². The maximum Gasteiger partial charge on any atom is 0.0924 e. The van der Waals surface area contributed by atoms with Gasteiger partial charge in [-0.15, -0.1) is 0 Å². The van der Waals surface area contributed by atoms with Gasteiger partial charge in [0.2, 0.25) is 0 Å². The van der Waals surface area contributed by atoms with Crippen LogP contribution in [-0.4, -0.2) is 84.8 Å². The summed E-state index contributed by atoms with van der Waals surface area (Å²) in [6.07, 6.45) is 4.19. The molecule has 4 fully saturated rings. The van der Waals surface area contributed by atoms with E-state index < -0.39 is 29.0 Å². The first-order chi connectivity index (χ1) is 17.4. The summed E-state index contributed by atoms with van der Waals surface area (Å²) in [6.45, 7) is 18.1. The van der Waals surface area contributed by atoms with Crippen LogP contribution in [0.25, 0.3) is 0 Å². The van der Waals surface area contributed by atoms with E-state index in [0.717, 1.165) is 32.1 Å². The Kier molecular flexibility index (Phi) is 8.66. The van der Waals surface area contributed by atoms with Crippen LogP contribution in [0.15, 0.2) is 12.2 Å². The van der Waals surface area contributed by atoms with Crippen molar-refractivity contribution >= 4 is 15.9 Å². The summed E-state index contributed by atoms with van der Waals surface area (Å²) >= 11 is 3.78. The number of hydrogen-bond acceptors (Lipinski definition) is 7. The molecule has 0 aromatic carbocycles. The van der Waals surface area contributed by atoms with Crippen molar-refractivity contribution in [3.05, 3.63) is 12.2 Å². The van der Waals surface area contributed by atoms with E-state index in [-0.39, 0.29) is 42.0 Å². The lowest BCUT2D eigenvalue weighted by Gasteiger charge is -2.55. The van der Waals surface area contributed by atoms with Crippen LogP contribution < -0.4 is 0 Å². The molecule has 0 aromatic heterocycles. The third kappa shape index (κ3) is 6.08. The highest BCUT2D eigenvalue weighted by Crippen LogP contribution is 2.48. The van der Waals surface area contributed by atoms with Crippen molar-refractivity contribution < 1.29 is 34.3 Å². The highest BCUT2D eigenvalue weighted by atomic mass is 79.9. The summed E-state index contributed by atoms with van der Waals surface area (Å²) in [5.74, 6) is 0. The van der Waals surface area contributed by atoms with E-state index in [1.807, 2.05) is 6.92 Å². The summed E-state index contributed by atoms with van der Waals surface area (Å²) in [5, 5.41) is 32.4. The highest BCUT2D eigenvalue weighted by Gasteiger charge is 2.54. The second-order valence-electron chi connectivity index (χ2n) is 14.1. The standard InChI is InChI=1S/C30H51BrO7/c1-18(19(32)17-22(33)28(6)15-12-23(37-28)26(2,3)34)20-9-10-24-29(7,36-20)16-13-25(35-24)30(8)14-11-21(31)27(4,5)38-30/h19-25,32-34H,1,9-17H2,2-8H3. The molecule has 0 amide bonds. The number of hydrogen-bond donors (Lipinski definition) is 3. The van der Waals surface area contributed by atoms with Gasteiger partial charge >= 0.3 is 0 Å². The SMILES string of the molecule is C=C(C(O)CC(O)C1(C)CCC(C(C)(C)O)O1)C1CCC2OC(C3(C)CCC(Br)C(C)(C)O3)CCC2(C)O1. The molecule has 3 N–H and O–H groups in total. The monoisotopic (exact) mass is 602 g/mol. The Morgan fingerprint density at radius 2 is 1.55 bits per heavy atom. The van der Waals surface area contributed by atoms with Gasteiger partial charge in [-0.05, 0) is 105 Å². The summed E-state index contributed by atoms with van der Waals surface area (Å²) in [5.41, 5.74) is -2.23. The van der Waals surface area contributed by atoms with Crippen LogP contribution in [-0.2, 0) is 18.9 Å². The second kappa shape index (κ2) is 10.6. The lowest BCUT2D eigenvalue weighted by Crippen LogP contribution is -2.62. The molecule has 0 spiro atoms. The van der Waals surface area contributed by atoms with Gasteiger partial charge in [0.05, 0.1) is 64.6 Å². The van der Waals surface area contributed by atoms with Gasteiger partial charge in [0.1, 0.15) is 0 Å². The second-order valence-corrected chi connectivity index (χ2v) is 15.2. The molecule has 10 unspecified atom stereocenters. The number of halogens is 1. The molecule has 4 aliphatic rings. The van der Waals surface area contributed by atoms with E-state index in [4.69, 9.17) is 18.9 Å². The first-order valence-corrected chi connectivity index (χ1v) is 15.4. The largest absolute Gasteiger partial charge is 0.390 e. The Bertz CT molecular complexity index is 873. The number of ether oxygens (including phenoxy) is 4. The number of aliphatic hydroxyl groups is 3. The Labute approximate surface area is 237 Å². The zero-order chi connectivity index (χ0) is 28.3. The Hall–Kier alpha value is -0.0600. The zero-order valence-electron chi connectivity index (χ0n) is 24.5. The number of fused-ring (bicyclic) bond motifs is 1. The minimum atomic E-state index is -0.976. The summed E-state index contributed by atoms with van der Waals surface area (Å²) in [4.78, 5) is 0.331. The minimum absolute atomic E-state index is 0.0174. The maximum atomic E-state index is 11.0. The van der Waals surface area contributed by atoms with Crippen LogP contribution in [0, 0.1) is 0 Å². The van der Waals surface area contributed by atoms with Gasteiger partial charge in [0.25, 0.3) is 0 Å². The van der Waals surface area contributed by atoms with E-state index in [2.05, 4.69) is 50.2 Å². The van der Waals surface area contributed by atoms with Crippen LogP contribution in [0.1, 0.15) is 106 Å². The fourth-order valence-corrected chi connectivity index (χ4v) is 7.35. The maximum absolute atomic E-state index is 11.0. The van der Waals surface area contributed by atoms with Crippen LogP contribution in [0.2, 0.25) is 0 Å². The molecule has 0 aliphatic carbocycles. The Morgan fingerprint density at radius 3 is 2.16 bits per heavy atom. The van der Waals surface area contributed by atoms with Crippen molar-refractivity contribution in [2.24, 2.45) is 0 Å². The van der Waals surface area contributed by atoms with E-state index >= 15 is 0 Å². The highest BCUT2D eigenvalue weighted by molar-refractivity contribution is 9.09. The molecule has 0 saturated carbocycles. The Balaban J connectivity index is 1.33. The van der Waals surface area contributed by atoms with Gasteiger partial charge < -0.3 is 34.3 Å². The van der Waals surface area contributed by atoms with Gasteiger partial charge in [-0.25, -0.2) is 0 Å². The van der Waals surface area contributed by atoms with Gasteiger partial charge in [-0.2, -0.15) is 0 Å². The first-order valence-electron chi connectivity index (χ1n) is 14.5. The molecule has 10 atom stereocenters. The van der Waals surface area contributed by atoms with E-state index in [0.29, 0.717) is 29.7 Å². The summed E-state index contributed by atoms with van der Waals surface area (Å²) in [6, 6.07) is 0. The fraction of sp³-hybridized carbons (Fsp3) is 0.933. The molecule has 0 bridgehead atoms. The van der Waals surface area contributed by atoms with Gasteiger partial charge in [-0.1, -0.05) is 22.5 Å². The third-order valence-corrected chi connectivity index (χ3v) is 11.5. The molecule has 4 rings (SSSR count). The number of rotatable bonds is 7. The molecule has 0 aromatic rings. The minimum Gasteiger partial charge on any atom is -0.390 e. The molecular weight excluding hydrogens is 552 g/mol. The third-order valence-electron chi connectivity index (χ3n) is 9.94. The first kappa shape index (κ1) is 30.9. The molecule has 4 heterocycles. The average molecular weight is 604 g/mol. The number of alkyl halides is 1. The van der Waals surface area contributed by atoms with E-state index in [1.165, 1.54) is 0 Å². The van der Waals surface area contributed by atoms with Gasteiger partial charge in [0, 0.05) is 11.2 Å². The average Bonchev–Trinajstić information content (AvgIpc) is 3.24. The molecular formula is C30H51BrO7. The summed E-state index contributed by atoms with van der Waals surface area (Å²) < 4.78 is 26.0. The number of aliphatic hydroxyl groups excluding tert-OH is 2. The molecule has 7 nitrogen and oxygen atoms in total. The fourth-order valence-electron chi connectivity index (χ4n) is 7.03. The predicted molar refractivity (Wildman–Crippen MR) is 151 cm³/mol. The van der Waals surface area contributed by atoms with Crippen LogP contribution in [0.3, 0.4) is 0 Å². The zero-order valence-corrected chi connectivity index (χ0v) is 26.1. The molecule has 38 heavy (non-hydrogen) atoms. The van der Waals surface area contributed by atoms with Crippen LogP contribution in [0.5, 0.6) is 0 Å². The molecule has 4 saturated heterocycles. The van der Waals surface area contributed by atoms with Crippen molar-refractivity contribution in [3.63, 3.8) is 0 Å². The molecule has 4 aliphatic heterocycles. The smallest absolute Gasteiger partial charge is 0.0924 e. The van der Waals surface area contributed by atoms with Crippen molar-refractivity contribution in [1.29, 1.82) is 0 Å². The normalized spacial score (nSPS) is 45.3. The predicted octanol–water partition coefficient (Wildman–Crippen LogP) is 4.96. The van der Waals surface area contributed by atoms with Crippen molar-refractivity contribution in [2.45, 2.75) is 176 Å². The van der Waals surface area contributed by atoms with Gasteiger partial charge in [-0.3, -0.25) is 0 Å². The van der Waals surface area contributed by atoms with Crippen molar-refractivity contribution in [2.75, 3.05) is 0 Å². The van der Waals surface area contributed by atoms with E-state index in [1.54, 1.807) is 13.8 Å². The van der Waals surface area contributed by atoms with Crippen LogP contribution in [0.4, 0.5) is 0 Å². The molecule has 8 heteroatoms. The summed E-state index contributed by atoms with van der Waals surface area (Å²) in [7, 11) is 0. The molecule has 0 radical (unpaired) electrons.